The molecule has 0 fully saturated rings. The number of aromatic nitrogens is 1. The zero-order valence-corrected chi connectivity index (χ0v) is 17.1. The number of benzene rings is 1. The maximum Gasteiger partial charge on any atom is 0.246 e. The fourth-order valence-corrected chi connectivity index (χ4v) is 3.17. The molecule has 3 rings (SSSR count). The fourth-order valence-electron chi connectivity index (χ4n) is 3.17. The van der Waals surface area contributed by atoms with Crippen molar-refractivity contribution in [2.45, 2.75) is 45.6 Å². The SMILES string of the molecule is CN=C(NCC(=O)N1CCCc2ccccc21)NCc1ncc(C(C)(C)C)o1. The van der Waals surface area contributed by atoms with E-state index < -0.39 is 0 Å². The van der Waals surface area contributed by atoms with Gasteiger partial charge in [-0.2, -0.15) is 0 Å². The number of carbonyl (C=O) groups is 1. The summed E-state index contributed by atoms with van der Waals surface area (Å²) >= 11 is 0. The number of nitrogens with one attached hydrogen (secondary N) is 2. The van der Waals surface area contributed by atoms with Crippen molar-refractivity contribution in [2.24, 2.45) is 4.99 Å². The highest BCUT2D eigenvalue weighted by molar-refractivity contribution is 5.98. The monoisotopic (exact) mass is 383 g/mol. The molecule has 0 aliphatic carbocycles. The van der Waals surface area contributed by atoms with E-state index in [2.05, 4.69) is 47.4 Å². The molecule has 1 aliphatic rings. The molecule has 1 aromatic carbocycles. The topological polar surface area (TPSA) is 82.8 Å². The zero-order chi connectivity index (χ0) is 20.1. The lowest BCUT2D eigenvalue weighted by atomic mass is 9.94. The highest BCUT2D eigenvalue weighted by atomic mass is 16.4. The minimum absolute atomic E-state index is 0.0289. The van der Waals surface area contributed by atoms with Crippen molar-refractivity contribution >= 4 is 17.6 Å². The molecule has 7 heteroatoms. The molecule has 0 saturated heterocycles. The minimum atomic E-state index is -0.0810. The maximum atomic E-state index is 12.7. The van der Waals surface area contributed by atoms with E-state index >= 15 is 0 Å². The van der Waals surface area contributed by atoms with Crippen molar-refractivity contribution in [1.82, 2.24) is 15.6 Å². The second-order valence-corrected chi connectivity index (χ2v) is 7.93. The summed E-state index contributed by atoms with van der Waals surface area (Å²) in [6.45, 7) is 7.56. The van der Waals surface area contributed by atoms with Gasteiger partial charge in [0.25, 0.3) is 0 Å². The molecule has 0 atom stereocenters. The smallest absolute Gasteiger partial charge is 0.246 e. The van der Waals surface area contributed by atoms with Crippen LogP contribution in [0.25, 0.3) is 0 Å². The number of fused-ring (bicyclic) bond motifs is 1. The Balaban J connectivity index is 1.53. The first-order valence-corrected chi connectivity index (χ1v) is 9.66. The number of aliphatic imine (C=N–C) groups is 1. The first-order valence-electron chi connectivity index (χ1n) is 9.66. The summed E-state index contributed by atoms with van der Waals surface area (Å²) in [5.41, 5.74) is 2.16. The number of anilines is 1. The minimum Gasteiger partial charge on any atom is -0.443 e. The molecule has 7 nitrogen and oxygen atoms in total. The molecular formula is C21H29N5O2. The molecule has 1 aromatic heterocycles. The molecule has 0 unspecified atom stereocenters. The number of para-hydroxylation sites is 1. The van der Waals surface area contributed by atoms with Crippen LogP contribution in [-0.4, -0.2) is 37.0 Å². The summed E-state index contributed by atoms with van der Waals surface area (Å²) in [6, 6.07) is 8.09. The second kappa shape index (κ2) is 8.46. The number of carbonyl (C=O) groups excluding carboxylic acids is 1. The van der Waals surface area contributed by atoms with Gasteiger partial charge in [0.2, 0.25) is 11.8 Å². The maximum absolute atomic E-state index is 12.7. The molecule has 0 saturated carbocycles. The van der Waals surface area contributed by atoms with E-state index in [1.54, 1.807) is 13.2 Å². The lowest BCUT2D eigenvalue weighted by Crippen LogP contribution is -2.45. The van der Waals surface area contributed by atoms with Gasteiger partial charge in [-0.1, -0.05) is 39.0 Å². The number of rotatable bonds is 4. The van der Waals surface area contributed by atoms with Gasteiger partial charge in [-0.05, 0) is 24.5 Å². The van der Waals surface area contributed by atoms with Gasteiger partial charge in [-0.15, -0.1) is 0 Å². The number of hydrogen-bond acceptors (Lipinski definition) is 4. The van der Waals surface area contributed by atoms with Gasteiger partial charge in [0.15, 0.2) is 5.96 Å². The molecule has 2 N–H and O–H groups in total. The third-order valence-corrected chi connectivity index (χ3v) is 4.74. The quantitative estimate of drug-likeness (QED) is 0.626. The predicted molar refractivity (Wildman–Crippen MR) is 111 cm³/mol. The van der Waals surface area contributed by atoms with Crippen molar-refractivity contribution in [1.29, 1.82) is 0 Å². The Morgan fingerprint density at radius 3 is 2.79 bits per heavy atom. The Bertz CT molecular complexity index is 850. The van der Waals surface area contributed by atoms with Crippen LogP contribution in [0, 0.1) is 0 Å². The average molecular weight is 383 g/mol. The van der Waals surface area contributed by atoms with E-state index in [4.69, 9.17) is 4.42 Å². The van der Waals surface area contributed by atoms with Gasteiger partial charge in [0.1, 0.15) is 5.76 Å². The lowest BCUT2D eigenvalue weighted by molar-refractivity contribution is -0.117. The molecule has 0 spiro atoms. The number of hydrogen-bond donors (Lipinski definition) is 2. The van der Waals surface area contributed by atoms with Crippen LogP contribution >= 0.6 is 0 Å². The Hall–Kier alpha value is -2.83. The van der Waals surface area contributed by atoms with Crippen molar-refractivity contribution in [3.05, 3.63) is 47.7 Å². The summed E-state index contributed by atoms with van der Waals surface area (Å²) in [6.07, 6.45) is 3.75. The zero-order valence-electron chi connectivity index (χ0n) is 17.1. The number of amides is 1. The van der Waals surface area contributed by atoms with Gasteiger partial charge in [0, 0.05) is 24.7 Å². The molecule has 0 bridgehead atoms. The number of nitrogens with zero attached hydrogens (tertiary/aromatic N) is 3. The van der Waals surface area contributed by atoms with E-state index in [1.807, 2.05) is 23.1 Å². The summed E-state index contributed by atoms with van der Waals surface area (Å²) < 4.78 is 5.77. The van der Waals surface area contributed by atoms with Crippen molar-refractivity contribution in [3.8, 4) is 0 Å². The summed E-state index contributed by atoms with van der Waals surface area (Å²) in [5.74, 6) is 1.99. The third kappa shape index (κ3) is 4.71. The van der Waals surface area contributed by atoms with Crippen LogP contribution in [0.3, 0.4) is 0 Å². The van der Waals surface area contributed by atoms with Crippen LogP contribution in [0.5, 0.6) is 0 Å². The van der Waals surface area contributed by atoms with E-state index in [-0.39, 0.29) is 17.9 Å². The number of oxazole rings is 1. The largest absolute Gasteiger partial charge is 0.443 e. The standard InChI is InChI=1S/C21H29N5O2/c1-21(2,3)17-12-23-18(28-17)13-24-20(22-4)25-14-19(27)26-11-7-9-15-8-5-6-10-16(15)26/h5-6,8,10,12H,7,9,11,13-14H2,1-4H3,(H2,22,24,25). The van der Waals surface area contributed by atoms with Crippen molar-refractivity contribution < 1.29 is 9.21 Å². The van der Waals surface area contributed by atoms with E-state index in [1.165, 1.54) is 5.56 Å². The molecule has 2 heterocycles. The fraction of sp³-hybridized carbons (Fsp3) is 0.476. The number of guanidine groups is 1. The van der Waals surface area contributed by atoms with E-state index in [0.717, 1.165) is 30.8 Å². The van der Waals surface area contributed by atoms with Gasteiger partial charge >= 0.3 is 0 Å². The molecule has 28 heavy (non-hydrogen) atoms. The molecule has 1 amide bonds. The van der Waals surface area contributed by atoms with Gasteiger partial charge in [0.05, 0.1) is 19.3 Å². The lowest BCUT2D eigenvalue weighted by Gasteiger charge is -2.29. The van der Waals surface area contributed by atoms with Crippen LogP contribution < -0.4 is 15.5 Å². The Labute approximate surface area is 166 Å². The van der Waals surface area contributed by atoms with Gasteiger partial charge < -0.3 is 20.0 Å². The van der Waals surface area contributed by atoms with Crippen molar-refractivity contribution in [2.75, 3.05) is 25.0 Å². The van der Waals surface area contributed by atoms with Crippen LogP contribution in [0.4, 0.5) is 5.69 Å². The second-order valence-electron chi connectivity index (χ2n) is 7.93. The average Bonchev–Trinajstić information content (AvgIpc) is 3.17. The Morgan fingerprint density at radius 2 is 2.07 bits per heavy atom. The highest BCUT2D eigenvalue weighted by Gasteiger charge is 2.22. The van der Waals surface area contributed by atoms with E-state index in [0.29, 0.717) is 18.4 Å². The van der Waals surface area contributed by atoms with Gasteiger partial charge in [-0.25, -0.2) is 4.98 Å². The third-order valence-electron chi connectivity index (χ3n) is 4.74. The molecular weight excluding hydrogens is 354 g/mol. The normalized spacial score (nSPS) is 14.6. The molecule has 2 aromatic rings. The highest BCUT2D eigenvalue weighted by Crippen LogP contribution is 2.26. The first-order chi connectivity index (χ1) is 13.4. The first kappa shape index (κ1) is 19.9. The molecule has 150 valence electrons. The molecule has 1 aliphatic heterocycles. The van der Waals surface area contributed by atoms with Crippen LogP contribution in [0.1, 0.15) is 44.4 Å². The number of aryl methyl sites for hydroxylation is 1. The predicted octanol–water partition coefficient (Wildman–Crippen LogP) is 2.62. The van der Waals surface area contributed by atoms with Crippen molar-refractivity contribution in [3.63, 3.8) is 0 Å². The summed E-state index contributed by atoms with van der Waals surface area (Å²) in [7, 11) is 1.67. The summed E-state index contributed by atoms with van der Waals surface area (Å²) in [5, 5.41) is 6.22. The van der Waals surface area contributed by atoms with E-state index in [9.17, 15) is 4.79 Å². The molecule has 0 radical (unpaired) electrons. The Morgan fingerprint density at radius 1 is 1.29 bits per heavy atom. The van der Waals surface area contributed by atoms with Gasteiger partial charge in [-0.3, -0.25) is 9.79 Å². The summed E-state index contributed by atoms with van der Waals surface area (Å²) in [4.78, 5) is 23.0. The van der Waals surface area contributed by atoms with Crippen LogP contribution in [0.15, 0.2) is 39.9 Å². The van der Waals surface area contributed by atoms with Crippen LogP contribution in [-0.2, 0) is 23.2 Å². The Kier molecular flexibility index (Phi) is 6.02. The van der Waals surface area contributed by atoms with Crippen LogP contribution in [0.2, 0.25) is 0 Å².